The number of amides is 1. The van der Waals surface area contributed by atoms with Crippen LogP contribution in [0.5, 0.6) is 0 Å². The molecular formula is C21H32N6O2. The van der Waals surface area contributed by atoms with Gasteiger partial charge in [-0.2, -0.15) is 0 Å². The summed E-state index contributed by atoms with van der Waals surface area (Å²) >= 11 is 0. The molecule has 0 aromatic carbocycles. The summed E-state index contributed by atoms with van der Waals surface area (Å²) in [4.78, 5) is 24.9. The highest BCUT2D eigenvalue weighted by Gasteiger charge is 2.46. The Morgan fingerprint density at radius 3 is 2.69 bits per heavy atom. The summed E-state index contributed by atoms with van der Waals surface area (Å²) in [6.07, 6.45) is 7.77. The van der Waals surface area contributed by atoms with Crippen molar-refractivity contribution < 1.29 is 9.53 Å². The number of fused-ring (bicyclic) bond motifs is 1. The molecule has 2 aliphatic heterocycles. The second-order valence-electron chi connectivity index (χ2n) is 9.33. The van der Waals surface area contributed by atoms with Crippen molar-refractivity contribution >= 4 is 11.7 Å². The second-order valence-corrected chi connectivity index (χ2v) is 9.33. The molecule has 1 amide bonds. The van der Waals surface area contributed by atoms with Crippen molar-refractivity contribution in [1.29, 1.82) is 0 Å². The normalized spacial score (nSPS) is 33.4. The van der Waals surface area contributed by atoms with E-state index in [1.54, 1.807) is 13.3 Å². The zero-order valence-electron chi connectivity index (χ0n) is 17.4. The summed E-state index contributed by atoms with van der Waals surface area (Å²) in [7, 11) is 0. The minimum absolute atomic E-state index is 0.135. The number of hydrazine groups is 1. The molecule has 4 fully saturated rings. The van der Waals surface area contributed by atoms with Crippen LogP contribution in [0.25, 0.3) is 0 Å². The van der Waals surface area contributed by atoms with E-state index >= 15 is 0 Å². The van der Waals surface area contributed by atoms with Gasteiger partial charge in [-0.15, -0.1) is 0 Å². The molecule has 2 saturated carbocycles. The number of carbonyl (C=O) groups excluding carboxylic acids is 1. The Hall–Kier alpha value is -1.77. The number of hydrogen-bond acceptors (Lipinski definition) is 7. The van der Waals surface area contributed by atoms with Crippen molar-refractivity contribution in [2.75, 3.05) is 31.1 Å². The summed E-state index contributed by atoms with van der Waals surface area (Å²) in [6.45, 7) is 7.00. The summed E-state index contributed by atoms with van der Waals surface area (Å²) in [5.74, 6) is 1.58. The first kappa shape index (κ1) is 19.2. The maximum Gasteiger partial charge on any atom is 0.219 e. The predicted molar refractivity (Wildman–Crippen MR) is 109 cm³/mol. The van der Waals surface area contributed by atoms with E-state index in [1.807, 2.05) is 4.90 Å². The molecule has 2 saturated heterocycles. The van der Waals surface area contributed by atoms with Crippen LogP contribution < -0.4 is 15.8 Å². The second kappa shape index (κ2) is 7.49. The number of piperazine rings is 1. The maximum atomic E-state index is 11.6. The zero-order valence-corrected chi connectivity index (χ0v) is 17.4. The van der Waals surface area contributed by atoms with Gasteiger partial charge >= 0.3 is 0 Å². The lowest BCUT2D eigenvalue weighted by Crippen LogP contribution is -2.48. The highest BCUT2D eigenvalue weighted by Crippen LogP contribution is 2.45. The van der Waals surface area contributed by atoms with Crippen LogP contribution >= 0.6 is 0 Å². The lowest BCUT2D eigenvalue weighted by atomic mass is 9.79. The first-order valence-corrected chi connectivity index (χ1v) is 11.0. The number of carbonyl (C=O) groups is 1. The van der Waals surface area contributed by atoms with Crippen molar-refractivity contribution in [3.63, 3.8) is 0 Å². The fraction of sp³-hybridized carbons (Fsp3) is 0.762. The largest absolute Gasteiger partial charge is 0.372 e. The summed E-state index contributed by atoms with van der Waals surface area (Å²) in [5.41, 5.74) is 8.18. The van der Waals surface area contributed by atoms with Crippen molar-refractivity contribution in [2.24, 2.45) is 5.92 Å². The van der Waals surface area contributed by atoms with Gasteiger partial charge in [-0.1, -0.05) is 0 Å². The van der Waals surface area contributed by atoms with Crippen molar-refractivity contribution in [3.05, 3.63) is 18.1 Å². The molecule has 8 nitrogen and oxygen atoms in total. The number of ether oxygens (including phenoxy) is 1. The number of nitrogens with zero attached hydrogens (tertiary/aromatic N) is 4. The summed E-state index contributed by atoms with van der Waals surface area (Å²) in [5, 5.41) is 0. The highest BCUT2D eigenvalue weighted by molar-refractivity contribution is 5.73. The summed E-state index contributed by atoms with van der Waals surface area (Å²) < 4.78 is 6.40. The van der Waals surface area contributed by atoms with E-state index in [0.29, 0.717) is 18.1 Å². The SMILES string of the molecule is CC(=O)N1CCN(c2cc(C3NNC4CCC(OC5(C)CC5)CC43)ncn2)CC1. The van der Waals surface area contributed by atoms with E-state index < -0.39 is 0 Å². The molecule has 8 heteroatoms. The van der Waals surface area contributed by atoms with Gasteiger partial charge in [0, 0.05) is 51.1 Å². The molecule has 0 radical (unpaired) electrons. The average Bonchev–Trinajstić information content (AvgIpc) is 3.31. The molecule has 4 unspecified atom stereocenters. The van der Waals surface area contributed by atoms with Crippen LogP contribution in [0.2, 0.25) is 0 Å². The molecule has 2 N–H and O–H groups in total. The third-order valence-electron chi connectivity index (χ3n) is 7.15. The van der Waals surface area contributed by atoms with Crippen LogP contribution in [0, 0.1) is 5.92 Å². The quantitative estimate of drug-likeness (QED) is 0.790. The lowest BCUT2D eigenvalue weighted by molar-refractivity contribution is -0.129. The maximum absolute atomic E-state index is 11.6. The van der Waals surface area contributed by atoms with E-state index in [9.17, 15) is 4.79 Å². The van der Waals surface area contributed by atoms with Gasteiger partial charge in [0.05, 0.1) is 23.4 Å². The van der Waals surface area contributed by atoms with E-state index in [4.69, 9.17) is 4.74 Å². The fourth-order valence-corrected chi connectivity index (χ4v) is 5.07. The van der Waals surface area contributed by atoms with E-state index in [2.05, 4.69) is 38.7 Å². The van der Waals surface area contributed by atoms with E-state index in [0.717, 1.165) is 57.0 Å². The van der Waals surface area contributed by atoms with E-state index in [1.165, 1.54) is 12.8 Å². The third-order valence-corrected chi connectivity index (χ3v) is 7.15. The molecular weight excluding hydrogens is 368 g/mol. The van der Waals surface area contributed by atoms with Crippen LogP contribution in [0.4, 0.5) is 5.82 Å². The molecule has 4 aliphatic rings. The highest BCUT2D eigenvalue weighted by atomic mass is 16.5. The molecule has 29 heavy (non-hydrogen) atoms. The van der Waals surface area contributed by atoms with Gasteiger partial charge in [0.25, 0.3) is 0 Å². The number of nitrogens with one attached hydrogen (secondary N) is 2. The summed E-state index contributed by atoms with van der Waals surface area (Å²) in [6, 6.07) is 2.78. The first-order valence-electron chi connectivity index (χ1n) is 11.0. The number of anilines is 1. The van der Waals surface area contributed by atoms with Gasteiger partial charge in [-0.3, -0.25) is 10.2 Å². The Morgan fingerprint density at radius 1 is 1.17 bits per heavy atom. The van der Waals surface area contributed by atoms with Crippen LogP contribution in [-0.4, -0.2) is 64.7 Å². The number of hydrogen-bond donors (Lipinski definition) is 2. The van der Waals surface area contributed by atoms with Crippen molar-refractivity contribution in [3.8, 4) is 0 Å². The third kappa shape index (κ3) is 3.98. The molecule has 0 spiro atoms. The van der Waals surface area contributed by atoms with Crippen molar-refractivity contribution in [2.45, 2.75) is 69.7 Å². The van der Waals surface area contributed by atoms with E-state index in [-0.39, 0.29) is 17.6 Å². The van der Waals surface area contributed by atoms with Crippen LogP contribution in [0.15, 0.2) is 12.4 Å². The fourth-order valence-electron chi connectivity index (χ4n) is 5.07. The Bertz CT molecular complexity index is 761. The molecule has 1 aromatic rings. The van der Waals surface area contributed by atoms with Gasteiger partial charge in [0.1, 0.15) is 12.1 Å². The molecule has 1 aromatic heterocycles. The Morgan fingerprint density at radius 2 is 1.97 bits per heavy atom. The first-order chi connectivity index (χ1) is 14.0. The smallest absolute Gasteiger partial charge is 0.219 e. The Balaban J connectivity index is 1.27. The molecule has 0 bridgehead atoms. The van der Waals surface area contributed by atoms with Gasteiger partial charge in [-0.25, -0.2) is 15.4 Å². The topological polar surface area (TPSA) is 82.6 Å². The Labute approximate surface area is 172 Å². The lowest BCUT2D eigenvalue weighted by Gasteiger charge is -2.36. The minimum atomic E-state index is 0.135. The predicted octanol–water partition coefficient (Wildman–Crippen LogP) is 1.40. The van der Waals surface area contributed by atoms with Gasteiger partial charge in [0.15, 0.2) is 0 Å². The Kier molecular flexibility index (Phi) is 4.96. The molecule has 4 atom stereocenters. The number of aromatic nitrogens is 2. The van der Waals surface area contributed by atoms with Crippen LogP contribution in [0.1, 0.15) is 57.7 Å². The van der Waals surface area contributed by atoms with Crippen LogP contribution in [0.3, 0.4) is 0 Å². The molecule has 158 valence electrons. The minimum Gasteiger partial charge on any atom is -0.372 e. The zero-order chi connectivity index (χ0) is 20.0. The van der Waals surface area contributed by atoms with Crippen LogP contribution in [-0.2, 0) is 9.53 Å². The van der Waals surface area contributed by atoms with Gasteiger partial charge in [0.2, 0.25) is 5.91 Å². The molecule has 3 heterocycles. The molecule has 5 rings (SSSR count). The monoisotopic (exact) mass is 400 g/mol. The molecule has 2 aliphatic carbocycles. The van der Waals surface area contributed by atoms with Gasteiger partial charge < -0.3 is 14.5 Å². The standard InChI is InChI=1S/C21H32N6O2/c1-14(28)26-7-9-27(10-8-26)19-12-18(22-13-23-19)20-16-11-15(29-21(2)5-6-21)3-4-17(16)24-25-20/h12-13,15-17,20,24-25H,3-11H2,1-2H3. The van der Waals surface area contributed by atoms with Gasteiger partial charge in [-0.05, 0) is 39.0 Å². The average molecular weight is 401 g/mol. The van der Waals surface area contributed by atoms with Crippen molar-refractivity contribution in [1.82, 2.24) is 25.7 Å². The number of rotatable bonds is 4.